The van der Waals surface area contributed by atoms with Crippen LogP contribution in [0.5, 0.6) is 0 Å². The van der Waals surface area contributed by atoms with E-state index >= 15 is 0 Å². The van der Waals surface area contributed by atoms with E-state index in [1.807, 2.05) is 29.0 Å². The van der Waals surface area contributed by atoms with Gasteiger partial charge in [0.25, 0.3) is 0 Å². The Hall–Kier alpha value is -2.26. The first-order chi connectivity index (χ1) is 15.6. The molecule has 1 saturated carbocycles. The van der Waals surface area contributed by atoms with Gasteiger partial charge in [0.05, 0.1) is 19.2 Å². The fourth-order valence-corrected chi connectivity index (χ4v) is 4.67. The fraction of sp³-hybridized carbons (Fsp3) is 0.440. The molecule has 1 aromatic heterocycles. The molecule has 0 spiro atoms. The Morgan fingerprint density at radius 1 is 1.00 bits per heavy atom. The highest BCUT2D eigenvalue weighted by molar-refractivity contribution is 5.84. The lowest BCUT2D eigenvalue weighted by atomic mass is 9.98. The Labute approximate surface area is 187 Å². The minimum Gasteiger partial charge on any atom is -0.388 e. The summed E-state index contributed by atoms with van der Waals surface area (Å²) in [5.74, 6) is 0.734. The first kappa shape index (κ1) is 21.6. The number of aromatic nitrogens is 1. The lowest BCUT2D eigenvalue weighted by molar-refractivity contribution is -0.245. The van der Waals surface area contributed by atoms with E-state index in [0.29, 0.717) is 0 Å². The molecule has 170 valence electrons. The number of fused-ring (bicyclic) bond motifs is 1. The van der Waals surface area contributed by atoms with Crippen LogP contribution in [-0.2, 0) is 16.0 Å². The summed E-state index contributed by atoms with van der Waals surface area (Å²) in [6.45, 7) is 0.178. The third kappa shape index (κ3) is 4.08. The molecule has 2 fully saturated rings. The number of nitrogens with one attached hydrogen (secondary N) is 1. The van der Waals surface area contributed by atoms with Crippen molar-refractivity contribution < 1.29 is 24.9 Å². The predicted octanol–water partition coefficient (Wildman–Crippen LogP) is 2.24. The van der Waals surface area contributed by atoms with Gasteiger partial charge in [0.2, 0.25) is 0 Å². The van der Waals surface area contributed by atoms with Crippen LogP contribution in [0.25, 0.3) is 10.9 Å². The van der Waals surface area contributed by atoms with Gasteiger partial charge in [-0.2, -0.15) is 0 Å². The zero-order valence-corrected chi connectivity index (χ0v) is 18.1. The number of hydroxylamine groups is 1. The molecule has 0 amide bonds. The molecule has 5 rings (SSSR count). The summed E-state index contributed by atoms with van der Waals surface area (Å²) in [5, 5.41) is 32.6. The molecule has 0 radical (unpaired) electrons. The Bertz CT molecular complexity index is 1060. The number of ether oxygens (including phenoxy) is 1. The molecule has 2 aromatic carbocycles. The van der Waals surface area contributed by atoms with Crippen LogP contribution >= 0.6 is 0 Å². The molecule has 1 aliphatic heterocycles. The standard InChI is InChI=1S/C25H30N2O5/c1-31-26-13-21-22(28)23(29)24(30)25(32-21)27-14-18(19-4-2-3-5-20(19)27)12-15-6-8-16(9-7-15)17-10-11-17/h2-9,14,17,21-26,28-30H,10-13H2,1H3/t21-,22-,23+,24-,25-/m1/s1. The van der Waals surface area contributed by atoms with Gasteiger partial charge in [-0.15, -0.1) is 0 Å². The van der Waals surface area contributed by atoms with E-state index in [1.54, 1.807) is 0 Å². The maximum atomic E-state index is 10.7. The summed E-state index contributed by atoms with van der Waals surface area (Å²) in [4.78, 5) is 4.87. The van der Waals surface area contributed by atoms with Gasteiger partial charge in [-0.3, -0.25) is 0 Å². The van der Waals surface area contributed by atoms with Crippen molar-refractivity contribution in [3.05, 3.63) is 71.4 Å². The molecule has 0 bridgehead atoms. The first-order valence-electron chi connectivity index (χ1n) is 11.2. The van der Waals surface area contributed by atoms with Crippen molar-refractivity contribution in [1.29, 1.82) is 0 Å². The second kappa shape index (κ2) is 8.94. The van der Waals surface area contributed by atoms with Gasteiger partial charge in [-0.25, -0.2) is 5.48 Å². The van der Waals surface area contributed by atoms with Gasteiger partial charge < -0.3 is 29.5 Å². The van der Waals surface area contributed by atoms with Gasteiger partial charge in [-0.05, 0) is 47.9 Å². The van der Waals surface area contributed by atoms with Crippen LogP contribution in [0.4, 0.5) is 0 Å². The number of para-hydroxylation sites is 1. The lowest BCUT2D eigenvalue weighted by Crippen LogP contribution is -2.57. The summed E-state index contributed by atoms with van der Waals surface area (Å²) < 4.78 is 7.91. The van der Waals surface area contributed by atoms with Crippen molar-refractivity contribution >= 4 is 10.9 Å². The maximum Gasteiger partial charge on any atom is 0.163 e. The minimum absolute atomic E-state index is 0.178. The molecular formula is C25H30N2O5. The van der Waals surface area contributed by atoms with Crippen LogP contribution in [0.2, 0.25) is 0 Å². The zero-order chi connectivity index (χ0) is 22.2. The second-order valence-electron chi connectivity index (χ2n) is 8.86. The minimum atomic E-state index is -1.34. The molecule has 32 heavy (non-hydrogen) atoms. The number of rotatable bonds is 7. The molecule has 7 heteroatoms. The van der Waals surface area contributed by atoms with Crippen molar-refractivity contribution in [2.24, 2.45) is 0 Å². The van der Waals surface area contributed by atoms with Gasteiger partial charge in [0, 0.05) is 11.6 Å². The van der Waals surface area contributed by atoms with Crippen molar-refractivity contribution in [2.75, 3.05) is 13.7 Å². The predicted molar refractivity (Wildman–Crippen MR) is 120 cm³/mol. The number of hydrogen-bond acceptors (Lipinski definition) is 6. The van der Waals surface area contributed by atoms with Crippen molar-refractivity contribution in [2.45, 2.75) is 55.8 Å². The molecule has 0 unspecified atom stereocenters. The van der Waals surface area contributed by atoms with E-state index in [-0.39, 0.29) is 6.54 Å². The van der Waals surface area contributed by atoms with Gasteiger partial charge >= 0.3 is 0 Å². The summed E-state index contributed by atoms with van der Waals surface area (Å²) in [7, 11) is 1.47. The summed E-state index contributed by atoms with van der Waals surface area (Å²) >= 11 is 0. The number of nitrogens with zero attached hydrogens (tertiary/aromatic N) is 1. The number of aliphatic hydroxyl groups is 3. The Balaban J connectivity index is 1.46. The van der Waals surface area contributed by atoms with Crippen molar-refractivity contribution in [1.82, 2.24) is 10.0 Å². The molecule has 1 saturated heterocycles. The average Bonchev–Trinajstić information content (AvgIpc) is 3.61. The SMILES string of the molecule is CONC[C@H]1O[C@@H](n2cc(Cc3ccc(C4CC4)cc3)c3ccccc32)[C@H](O)[C@@H](O)[C@@H]1O. The Kier molecular flexibility index (Phi) is 6.03. The zero-order valence-electron chi connectivity index (χ0n) is 18.1. The normalized spacial score (nSPS) is 28.3. The van der Waals surface area contributed by atoms with Gasteiger partial charge in [-0.1, -0.05) is 42.5 Å². The van der Waals surface area contributed by atoms with Crippen molar-refractivity contribution in [3.8, 4) is 0 Å². The summed E-state index contributed by atoms with van der Waals surface area (Å²) in [6, 6.07) is 16.8. The third-order valence-corrected chi connectivity index (χ3v) is 6.64. The highest BCUT2D eigenvalue weighted by Crippen LogP contribution is 2.40. The quantitative estimate of drug-likeness (QED) is 0.423. The van der Waals surface area contributed by atoms with Crippen molar-refractivity contribution in [3.63, 3.8) is 0 Å². The van der Waals surface area contributed by atoms with E-state index in [9.17, 15) is 15.3 Å². The monoisotopic (exact) mass is 438 g/mol. The molecule has 3 aromatic rings. The summed E-state index contributed by atoms with van der Waals surface area (Å²) in [5.41, 5.74) is 7.32. The van der Waals surface area contributed by atoms with Gasteiger partial charge in [0.1, 0.15) is 24.4 Å². The third-order valence-electron chi connectivity index (χ3n) is 6.64. The highest BCUT2D eigenvalue weighted by atomic mass is 16.6. The molecule has 4 N–H and O–H groups in total. The molecule has 2 heterocycles. The number of aliphatic hydroxyl groups excluding tert-OH is 3. The molecule has 2 aliphatic rings. The maximum absolute atomic E-state index is 10.7. The second-order valence-corrected chi connectivity index (χ2v) is 8.86. The topological polar surface area (TPSA) is 96.1 Å². The van der Waals surface area contributed by atoms with E-state index in [2.05, 4.69) is 35.8 Å². The Morgan fingerprint density at radius 2 is 1.75 bits per heavy atom. The molecule has 1 aliphatic carbocycles. The molecular weight excluding hydrogens is 408 g/mol. The van der Waals surface area contributed by atoms with E-state index in [1.165, 1.54) is 31.1 Å². The fourth-order valence-electron chi connectivity index (χ4n) is 4.67. The van der Waals surface area contributed by atoms with Crippen LogP contribution in [-0.4, -0.2) is 58.0 Å². The summed E-state index contributed by atoms with van der Waals surface area (Å²) in [6.07, 6.45) is -0.0984. The van der Waals surface area contributed by atoms with E-state index < -0.39 is 30.6 Å². The van der Waals surface area contributed by atoms with Crippen LogP contribution < -0.4 is 5.48 Å². The number of benzene rings is 2. The smallest absolute Gasteiger partial charge is 0.163 e. The van der Waals surface area contributed by atoms with Crippen LogP contribution in [0.3, 0.4) is 0 Å². The number of hydrogen-bond donors (Lipinski definition) is 4. The van der Waals surface area contributed by atoms with Crippen LogP contribution in [0.1, 0.15) is 41.7 Å². The lowest BCUT2D eigenvalue weighted by Gasteiger charge is -2.41. The molecule has 5 atom stereocenters. The average molecular weight is 439 g/mol. The Morgan fingerprint density at radius 3 is 2.47 bits per heavy atom. The van der Waals surface area contributed by atoms with Crippen LogP contribution in [0, 0.1) is 0 Å². The highest BCUT2D eigenvalue weighted by Gasteiger charge is 2.44. The first-order valence-corrected chi connectivity index (χ1v) is 11.2. The van der Waals surface area contributed by atoms with Gasteiger partial charge in [0.15, 0.2) is 6.23 Å². The van der Waals surface area contributed by atoms with Crippen LogP contribution in [0.15, 0.2) is 54.7 Å². The van der Waals surface area contributed by atoms with E-state index in [0.717, 1.165) is 28.8 Å². The van der Waals surface area contributed by atoms with E-state index in [4.69, 9.17) is 9.57 Å². The largest absolute Gasteiger partial charge is 0.388 e. The molecule has 7 nitrogen and oxygen atoms in total.